The molecule has 1 aromatic carbocycles. The highest BCUT2D eigenvalue weighted by Gasteiger charge is 2.45. The number of carbonyl (C=O) groups is 1. The van der Waals surface area contributed by atoms with Crippen molar-refractivity contribution < 1.29 is 14.4 Å². The van der Waals surface area contributed by atoms with Gasteiger partial charge < -0.3 is 14.5 Å². The van der Waals surface area contributed by atoms with Crippen LogP contribution in [0.15, 0.2) is 29.4 Å². The van der Waals surface area contributed by atoms with E-state index in [1.807, 2.05) is 36.1 Å². The summed E-state index contributed by atoms with van der Waals surface area (Å²) in [6, 6.07) is 7.67. The predicted molar refractivity (Wildman–Crippen MR) is 88.6 cm³/mol. The molecule has 0 spiro atoms. The summed E-state index contributed by atoms with van der Waals surface area (Å²) >= 11 is 0. The molecule has 124 valence electrons. The van der Waals surface area contributed by atoms with Crippen LogP contribution in [0.1, 0.15) is 38.7 Å². The Labute approximate surface area is 137 Å². The number of ether oxygens (including phenoxy) is 1. The molecule has 2 aliphatic rings. The number of nitrogens with zero attached hydrogens (tertiary/aromatic N) is 2. The summed E-state index contributed by atoms with van der Waals surface area (Å²) in [5, 5.41) is 4.18. The lowest BCUT2D eigenvalue weighted by Gasteiger charge is -2.35. The zero-order valence-corrected chi connectivity index (χ0v) is 14.0. The maximum absolute atomic E-state index is 12.9. The van der Waals surface area contributed by atoms with Crippen LogP contribution in [0, 0.1) is 5.92 Å². The van der Waals surface area contributed by atoms with Crippen LogP contribution in [-0.4, -0.2) is 42.3 Å². The molecular formula is C18H24N2O3. The Morgan fingerprint density at radius 2 is 2.13 bits per heavy atom. The van der Waals surface area contributed by atoms with E-state index in [4.69, 9.17) is 9.57 Å². The van der Waals surface area contributed by atoms with Crippen molar-refractivity contribution >= 4 is 11.6 Å². The number of hydrogen-bond donors (Lipinski definition) is 0. The van der Waals surface area contributed by atoms with E-state index in [0.29, 0.717) is 12.3 Å². The van der Waals surface area contributed by atoms with Gasteiger partial charge in [0.1, 0.15) is 5.75 Å². The summed E-state index contributed by atoms with van der Waals surface area (Å²) in [5.41, 5.74) is 0.898. The van der Waals surface area contributed by atoms with Crippen molar-refractivity contribution in [2.24, 2.45) is 11.1 Å². The molecule has 2 aliphatic heterocycles. The third kappa shape index (κ3) is 3.19. The second-order valence-electron chi connectivity index (χ2n) is 6.76. The number of hydrogen-bond acceptors (Lipinski definition) is 4. The fourth-order valence-corrected chi connectivity index (χ4v) is 3.30. The van der Waals surface area contributed by atoms with Crippen molar-refractivity contribution in [2.45, 2.75) is 38.7 Å². The van der Waals surface area contributed by atoms with Crippen molar-refractivity contribution in [3.63, 3.8) is 0 Å². The standard InChI is InChI=1S/C18H24N2O3/c1-13-5-4-10-20(12-13)17(21)18(2)11-16(19-23-18)14-6-8-15(22-3)9-7-14/h6-9,13H,4-5,10-12H2,1-3H3/t13-,18+/m0/s1. The van der Waals surface area contributed by atoms with Crippen molar-refractivity contribution in [1.82, 2.24) is 4.90 Å². The average Bonchev–Trinajstić information content (AvgIpc) is 2.98. The SMILES string of the molecule is COc1ccc(C2=NO[C@@](C)(C(=O)N3CCC[C@H](C)C3)C2)cc1. The number of rotatable bonds is 3. The quantitative estimate of drug-likeness (QED) is 0.861. The monoisotopic (exact) mass is 316 g/mol. The van der Waals surface area contributed by atoms with Gasteiger partial charge in [-0.2, -0.15) is 0 Å². The van der Waals surface area contributed by atoms with Crippen LogP contribution in [0.3, 0.4) is 0 Å². The lowest BCUT2D eigenvalue weighted by Crippen LogP contribution is -2.50. The molecule has 1 fully saturated rings. The molecule has 2 heterocycles. The van der Waals surface area contributed by atoms with Crippen molar-refractivity contribution in [2.75, 3.05) is 20.2 Å². The maximum atomic E-state index is 12.9. The van der Waals surface area contributed by atoms with Gasteiger partial charge in [0, 0.05) is 19.5 Å². The first-order valence-corrected chi connectivity index (χ1v) is 8.21. The van der Waals surface area contributed by atoms with Crippen LogP contribution in [0.5, 0.6) is 5.75 Å². The highest BCUT2D eigenvalue weighted by Crippen LogP contribution is 2.30. The molecule has 1 aromatic rings. The van der Waals surface area contributed by atoms with E-state index >= 15 is 0 Å². The summed E-state index contributed by atoms with van der Waals surface area (Å²) < 4.78 is 5.17. The molecule has 3 rings (SSSR count). The zero-order chi connectivity index (χ0) is 16.4. The van der Waals surface area contributed by atoms with E-state index in [1.54, 1.807) is 7.11 Å². The van der Waals surface area contributed by atoms with Gasteiger partial charge in [0.25, 0.3) is 5.91 Å². The van der Waals surface area contributed by atoms with Crippen molar-refractivity contribution in [1.29, 1.82) is 0 Å². The fraction of sp³-hybridized carbons (Fsp3) is 0.556. The highest BCUT2D eigenvalue weighted by molar-refractivity contribution is 6.05. The van der Waals surface area contributed by atoms with Gasteiger partial charge in [-0.25, -0.2) is 0 Å². The van der Waals surface area contributed by atoms with E-state index in [0.717, 1.165) is 36.5 Å². The lowest BCUT2D eigenvalue weighted by atomic mass is 9.92. The van der Waals surface area contributed by atoms with Gasteiger partial charge in [-0.3, -0.25) is 4.79 Å². The van der Waals surface area contributed by atoms with Crippen LogP contribution in [-0.2, 0) is 9.63 Å². The zero-order valence-electron chi connectivity index (χ0n) is 14.0. The minimum absolute atomic E-state index is 0.0521. The molecule has 5 heteroatoms. The second-order valence-corrected chi connectivity index (χ2v) is 6.76. The van der Waals surface area contributed by atoms with Gasteiger partial charge >= 0.3 is 0 Å². The minimum Gasteiger partial charge on any atom is -0.497 e. The topological polar surface area (TPSA) is 51.1 Å². The number of amides is 1. The summed E-state index contributed by atoms with van der Waals surface area (Å²) in [6.45, 7) is 5.67. The van der Waals surface area contributed by atoms with Gasteiger partial charge in [0.2, 0.25) is 5.60 Å². The van der Waals surface area contributed by atoms with E-state index in [-0.39, 0.29) is 5.91 Å². The molecule has 23 heavy (non-hydrogen) atoms. The number of benzene rings is 1. The van der Waals surface area contributed by atoms with Crippen molar-refractivity contribution in [3.8, 4) is 5.75 Å². The number of piperidine rings is 1. The average molecular weight is 316 g/mol. The summed E-state index contributed by atoms with van der Waals surface area (Å²) in [4.78, 5) is 20.4. The van der Waals surface area contributed by atoms with Gasteiger partial charge in [0.15, 0.2) is 0 Å². The van der Waals surface area contributed by atoms with E-state index in [1.165, 1.54) is 6.42 Å². The Morgan fingerprint density at radius 3 is 2.78 bits per heavy atom. The molecule has 0 unspecified atom stereocenters. The van der Waals surface area contributed by atoms with E-state index in [2.05, 4.69) is 12.1 Å². The molecule has 0 aromatic heterocycles. The van der Waals surface area contributed by atoms with Gasteiger partial charge in [-0.15, -0.1) is 0 Å². The minimum atomic E-state index is -0.883. The van der Waals surface area contributed by atoms with Gasteiger partial charge in [-0.05, 0) is 55.5 Å². The summed E-state index contributed by atoms with van der Waals surface area (Å²) in [6.07, 6.45) is 2.76. The molecule has 1 amide bonds. The molecule has 0 bridgehead atoms. The first-order chi connectivity index (χ1) is 11.0. The normalized spacial score (nSPS) is 27.3. The summed E-state index contributed by atoms with van der Waals surface area (Å²) in [5.74, 6) is 1.41. The van der Waals surface area contributed by atoms with Crippen LogP contribution >= 0.6 is 0 Å². The first kappa shape index (κ1) is 15.8. The molecule has 5 nitrogen and oxygen atoms in total. The van der Waals surface area contributed by atoms with Crippen LogP contribution < -0.4 is 4.74 Å². The third-order valence-corrected chi connectivity index (χ3v) is 4.68. The number of carbonyl (C=O) groups excluding carboxylic acids is 1. The van der Waals surface area contributed by atoms with E-state index in [9.17, 15) is 4.79 Å². The molecule has 2 atom stereocenters. The smallest absolute Gasteiger partial charge is 0.269 e. The Morgan fingerprint density at radius 1 is 1.39 bits per heavy atom. The van der Waals surface area contributed by atoms with Crippen molar-refractivity contribution in [3.05, 3.63) is 29.8 Å². The molecule has 0 aliphatic carbocycles. The number of oxime groups is 1. The fourth-order valence-electron chi connectivity index (χ4n) is 3.30. The molecule has 1 saturated heterocycles. The van der Waals surface area contributed by atoms with E-state index < -0.39 is 5.60 Å². The Hall–Kier alpha value is -2.04. The largest absolute Gasteiger partial charge is 0.497 e. The van der Waals surface area contributed by atoms with Crippen LogP contribution in [0.4, 0.5) is 0 Å². The third-order valence-electron chi connectivity index (χ3n) is 4.68. The molecule has 0 radical (unpaired) electrons. The number of methoxy groups -OCH3 is 1. The lowest BCUT2D eigenvalue weighted by molar-refractivity contribution is -0.155. The highest BCUT2D eigenvalue weighted by atomic mass is 16.7. The second kappa shape index (κ2) is 6.22. The molecule has 0 N–H and O–H groups in total. The number of likely N-dealkylation sites (tertiary alicyclic amines) is 1. The Bertz CT molecular complexity index is 611. The van der Waals surface area contributed by atoms with Crippen LogP contribution in [0.2, 0.25) is 0 Å². The predicted octanol–water partition coefficient (Wildman–Crippen LogP) is 2.84. The van der Waals surface area contributed by atoms with Gasteiger partial charge in [-0.1, -0.05) is 12.1 Å². The van der Waals surface area contributed by atoms with Crippen LogP contribution in [0.25, 0.3) is 0 Å². The Balaban J connectivity index is 1.69. The maximum Gasteiger partial charge on any atom is 0.269 e. The first-order valence-electron chi connectivity index (χ1n) is 8.21. The molecule has 0 saturated carbocycles. The van der Waals surface area contributed by atoms with Gasteiger partial charge in [0.05, 0.1) is 12.8 Å². The Kier molecular flexibility index (Phi) is 4.28. The summed E-state index contributed by atoms with van der Waals surface area (Å²) in [7, 11) is 1.64. The molecular weight excluding hydrogens is 292 g/mol.